The molecule has 1 atom stereocenters. The summed E-state index contributed by atoms with van der Waals surface area (Å²) >= 11 is 0. The third-order valence-corrected chi connectivity index (χ3v) is 2.61. The van der Waals surface area contributed by atoms with Gasteiger partial charge >= 0.3 is 0 Å². The standard InChI is InChI=1S/C12H16N4O/c1-8(7-13)6-10-15-12(16-17-10)11-9(2)4-3-5-14-11/h3-5,8H,6-7,13H2,1-2H3. The SMILES string of the molecule is Cc1cccnc1-c1noc(CC(C)CN)n1. The zero-order chi connectivity index (χ0) is 12.3. The fraction of sp³-hybridized carbons (Fsp3) is 0.417. The minimum Gasteiger partial charge on any atom is -0.339 e. The van der Waals surface area contributed by atoms with E-state index < -0.39 is 0 Å². The minimum absolute atomic E-state index is 0.341. The maximum atomic E-state index is 5.56. The van der Waals surface area contributed by atoms with Crippen LogP contribution in [0.5, 0.6) is 0 Å². The van der Waals surface area contributed by atoms with E-state index in [9.17, 15) is 0 Å². The van der Waals surface area contributed by atoms with Gasteiger partial charge in [-0.2, -0.15) is 4.98 Å². The topological polar surface area (TPSA) is 77.8 Å². The molecule has 0 aliphatic heterocycles. The Morgan fingerprint density at radius 1 is 1.47 bits per heavy atom. The van der Waals surface area contributed by atoms with Gasteiger partial charge in [-0.05, 0) is 31.0 Å². The van der Waals surface area contributed by atoms with E-state index in [0.717, 1.165) is 11.3 Å². The van der Waals surface area contributed by atoms with Gasteiger partial charge in [0.05, 0.1) is 0 Å². The molecule has 90 valence electrons. The Morgan fingerprint density at radius 2 is 2.29 bits per heavy atom. The third-order valence-electron chi connectivity index (χ3n) is 2.61. The van der Waals surface area contributed by atoms with Crippen LogP contribution in [0.1, 0.15) is 18.4 Å². The van der Waals surface area contributed by atoms with E-state index in [-0.39, 0.29) is 0 Å². The maximum Gasteiger partial charge on any atom is 0.227 e. The molecule has 0 saturated heterocycles. The molecule has 17 heavy (non-hydrogen) atoms. The normalized spacial score (nSPS) is 12.6. The molecular formula is C12H16N4O. The number of nitrogens with zero attached hydrogens (tertiary/aromatic N) is 3. The van der Waals surface area contributed by atoms with E-state index in [1.165, 1.54) is 0 Å². The predicted molar refractivity (Wildman–Crippen MR) is 64.2 cm³/mol. The number of nitrogens with two attached hydrogens (primary N) is 1. The van der Waals surface area contributed by atoms with Gasteiger partial charge in [-0.1, -0.05) is 18.1 Å². The lowest BCUT2D eigenvalue weighted by molar-refractivity contribution is 0.359. The summed E-state index contributed by atoms with van der Waals surface area (Å²) in [6.07, 6.45) is 2.43. The van der Waals surface area contributed by atoms with E-state index in [1.54, 1.807) is 6.20 Å². The molecule has 2 aromatic heterocycles. The van der Waals surface area contributed by atoms with Crippen molar-refractivity contribution in [3.8, 4) is 11.5 Å². The van der Waals surface area contributed by atoms with Gasteiger partial charge in [-0.15, -0.1) is 0 Å². The summed E-state index contributed by atoms with van der Waals surface area (Å²) in [7, 11) is 0. The number of aromatic nitrogens is 3. The summed E-state index contributed by atoms with van der Waals surface area (Å²) in [6, 6.07) is 3.86. The zero-order valence-corrected chi connectivity index (χ0v) is 10.1. The summed E-state index contributed by atoms with van der Waals surface area (Å²) in [5, 5.41) is 3.95. The first-order chi connectivity index (χ1) is 8.20. The monoisotopic (exact) mass is 232 g/mol. The second kappa shape index (κ2) is 5.05. The van der Waals surface area contributed by atoms with Gasteiger partial charge in [0, 0.05) is 12.6 Å². The Hall–Kier alpha value is -1.75. The van der Waals surface area contributed by atoms with Gasteiger partial charge in [-0.25, -0.2) is 0 Å². The third kappa shape index (κ3) is 2.68. The molecule has 2 N–H and O–H groups in total. The molecule has 2 rings (SSSR count). The van der Waals surface area contributed by atoms with Crippen LogP contribution in [0.25, 0.3) is 11.5 Å². The maximum absolute atomic E-state index is 5.56. The molecule has 0 fully saturated rings. The van der Waals surface area contributed by atoms with Crippen molar-refractivity contribution in [1.29, 1.82) is 0 Å². The fourth-order valence-electron chi connectivity index (χ4n) is 1.54. The molecule has 5 heteroatoms. The molecule has 0 bridgehead atoms. The Balaban J connectivity index is 2.21. The van der Waals surface area contributed by atoms with Crippen LogP contribution in [0.15, 0.2) is 22.9 Å². The van der Waals surface area contributed by atoms with Crippen molar-refractivity contribution in [3.05, 3.63) is 29.8 Å². The first kappa shape index (κ1) is 11.7. The lowest BCUT2D eigenvalue weighted by Gasteiger charge is -2.02. The van der Waals surface area contributed by atoms with Crippen molar-refractivity contribution in [2.75, 3.05) is 6.54 Å². The molecule has 0 radical (unpaired) electrons. The summed E-state index contributed by atoms with van der Waals surface area (Å²) in [4.78, 5) is 8.58. The molecule has 0 aliphatic carbocycles. The Morgan fingerprint density at radius 3 is 3.00 bits per heavy atom. The van der Waals surface area contributed by atoms with Crippen LogP contribution < -0.4 is 5.73 Å². The summed E-state index contributed by atoms with van der Waals surface area (Å²) in [6.45, 7) is 4.64. The molecule has 2 aromatic rings. The molecule has 2 heterocycles. The predicted octanol–water partition coefficient (Wildman–Crippen LogP) is 1.58. The summed E-state index contributed by atoms with van der Waals surface area (Å²) in [5.41, 5.74) is 7.36. The van der Waals surface area contributed by atoms with Gasteiger partial charge < -0.3 is 10.3 Å². The molecule has 0 saturated carbocycles. The highest BCUT2D eigenvalue weighted by molar-refractivity contribution is 5.52. The average Bonchev–Trinajstić information content (AvgIpc) is 2.78. The van der Waals surface area contributed by atoms with Crippen LogP contribution in [0, 0.1) is 12.8 Å². The van der Waals surface area contributed by atoms with Crippen LogP contribution in [-0.2, 0) is 6.42 Å². The van der Waals surface area contributed by atoms with Crippen molar-refractivity contribution in [1.82, 2.24) is 15.1 Å². The number of hydrogen-bond donors (Lipinski definition) is 1. The van der Waals surface area contributed by atoms with Crippen LogP contribution in [0.2, 0.25) is 0 Å². The lowest BCUT2D eigenvalue weighted by atomic mass is 10.1. The van der Waals surface area contributed by atoms with Crippen LogP contribution in [0.4, 0.5) is 0 Å². The van der Waals surface area contributed by atoms with E-state index in [2.05, 4.69) is 22.0 Å². The second-order valence-corrected chi connectivity index (χ2v) is 4.23. The van der Waals surface area contributed by atoms with Gasteiger partial charge in [-0.3, -0.25) is 4.98 Å². The molecule has 0 amide bonds. The highest BCUT2D eigenvalue weighted by Gasteiger charge is 2.13. The Labute approximate surface area is 100 Å². The van der Waals surface area contributed by atoms with Crippen molar-refractivity contribution >= 4 is 0 Å². The van der Waals surface area contributed by atoms with E-state index in [4.69, 9.17) is 10.3 Å². The molecule has 1 unspecified atom stereocenters. The number of aryl methyl sites for hydroxylation is 1. The van der Waals surface area contributed by atoms with Crippen LogP contribution in [0.3, 0.4) is 0 Å². The van der Waals surface area contributed by atoms with E-state index in [0.29, 0.717) is 30.6 Å². The van der Waals surface area contributed by atoms with E-state index >= 15 is 0 Å². The van der Waals surface area contributed by atoms with Gasteiger partial charge in [0.1, 0.15) is 5.69 Å². The van der Waals surface area contributed by atoms with Gasteiger partial charge in [0.2, 0.25) is 11.7 Å². The van der Waals surface area contributed by atoms with Crippen molar-refractivity contribution in [3.63, 3.8) is 0 Å². The molecule has 0 aliphatic rings. The van der Waals surface area contributed by atoms with Gasteiger partial charge in [0.25, 0.3) is 0 Å². The highest BCUT2D eigenvalue weighted by atomic mass is 16.5. The fourth-order valence-corrected chi connectivity index (χ4v) is 1.54. The quantitative estimate of drug-likeness (QED) is 0.865. The molecule has 5 nitrogen and oxygen atoms in total. The summed E-state index contributed by atoms with van der Waals surface area (Å²) in [5.74, 6) is 1.50. The largest absolute Gasteiger partial charge is 0.339 e. The number of pyridine rings is 1. The Kier molecular flexibility index (Phi) is 3.49. The number of hydrogen-bond acceptors (Lipinski definition) is 5. The summed E-state index contributed by atoms with van der Waals surface area (Å²) < 4.78 is 5.19. The lowest BCUT2D eigenvalue weighted by Crippen LogP contribution is -2.13. The van der Waals surface area contributed by atoms with Gasteiger partial charge in [0.15, 0.2) is 0 Å². The first-order valence-electron chi connectivity index (χ1n) is 5.65. The Bertz CT molecular complexity index is 495. The van der Waals surface area contributed by atoms with Crippen molar-refractivity contribution in [2.45, 2.75) is 20.3 Å². The zero-order valence-electron chi connectivity index (χ0n) is 10.1. The highest BCUT2D eigenvalue weighted by Crippen LogP contribution is 2.17. The second-order valence-electron chi connectivity index (χ2n) is 4.23. The molecular weight excluding hydrogens is 216 g/mol. The molecule has 0 spiro atoms. The van der Waals surface area contributed by atoms with Crippen LogP contribution in [-0.4, -0.2) is 21.7 Å². The van der Waals surface area contributed by atoms with E-state index in [1.807, 2.05) is 19.1 Å². The van der Waals surface area contributed by atoms with Crippen LogP contribution >= 0.6 is 0 Å². The molecule has 0 aromatic carbocycles. The average molecular weight is 232 g/mol. The minimum atomic E-state index is 0.341. The first-order valence-corrected chi connectivity index (χ1v) is 5.65. The van der Waals surface area contributed by atoms with Crippen molar-refractivity contribution < 1.29 is 4.52 Å². The smallest absolute Gasteiger partial charge is 0.227 e. The number of rotatable bonds is 4. The van der Waals surface area contributed by atoms with Crippen molar-refractivity contribution in [2.24, 2.45) is 11.7 Å².